The Morgan fingerprint density at radius 3 is 2.80 bits per heavy atom. The van der Waals surface area contributed by atoms with Crippen LogP contribution in [0.15, 0.2) is 37.2 Å². The lowest BCUT2D eigenvalue weighted by molar-refractivity contribution is 0.429. The van der Waals surface area contributed by atoms with Gasteiger partial charge in [-0.25, -0.2) is 0 Å². The van der Waals surface area contributed by atoms with Crippen LogP contribution in [0, 0.1) is 12.8 Å². The van der Waals surface area contributed by atoms with E-state index in [1.54, 1.807) is 6.92 Å². The van der Waals surface area contributed by atoms with E-state index >= 15 is 0 Å². The van der Waals surface area contributed by atoms with E-state index in [4.69, 9.17) is 4.42 Å². The summed E-state index contributed by atoms with van der Waals surface area (Å²) in [6.07, 6.45) is 0. The maximum absolute atomic E-state index is 5.42. The molecule has 0 amide bonds. The first-order valence-corrected chi connectivity index (χ1v) is 8.12. The van der Waals surface area contributed by atoms with Gasteiger partial charge < -0.3 is 9.73 Å². The molecule has 0 radical (unpaired) electrons. The van der Waals surface area contributed by atoms with Crippen molar-refractivity contribution in [2.75, 3.05) is 6.54 Å². The molecule has 20 heavy (non-hydrogen) atoms. The highest BCUT2D eigenvalue weighted by molar-refractivity contribution is 9.10. The Kier molecular flexibility index (Phi) is 5.63. The van der Waals surface area contributed by atoms with E-state index in [2.05, 4.69) is 57.4 Å². The van der Waals surface area contributed by atoms with Crippen LogP contribution in [0.3, 0.4) is 0 Å². The fourth-order valence-corrected chi connectivity index (χ4v) is 2.93. The van der Waals surface area contributed by atoms with Gasteiger partial charge in [0.1, 0.15) is 0 Å². The molecular weight excluding hydrogens is 338 g/mol. The van der Waals surface area contributed by atoms with Gasteiger partial charge in [0.25, 0.3) is 5.22 Å². The van der Waals surface area contributed by atoms with Crippen LogP contribution in [0.5, 0.6) is 0 Å². The molecule has 0 bridgehead atoms. The predicted octanol–water partition coefficient (Wildman–Crippen LogP) is 4.04. The summed E-state index contributed by atoms with van der Waals surface area (Å²) in [5, 5.41) is 11.9. The summed E-state index contributed by atoms with van der Waals surface area (Å²) in [7, 11) is 0. The number of halogens is 1. The number of benzene rings is 1. The van der Waals surface area contributed by atoms with E-state index in [0.717, 1.165) is 22.5 Å². The monoisotopic (exact) mass is 355 g/mol. The average Bonchev–Trinajstić information content (AvgIpc) is 2.78. The van der Waals surface area contributed by atoms with E-state index in [-0.39, 0.29) is 0 Å². The molecule has 6 heteroatoms. The van der Waals surface area contributed by atoms with Crippen LogP contribution in [0.1, 0.15) is 25.3 Å². The molecule has 1 heterocycles. The van der Waals surface area contributed by atoms with Crippen LogP contribution in [-0.4, -0.2) is 16.7 Å². The highest BCUT2D eigenvalue weighted by Crippen LogP contribution is 2.31. The third-order valence-electron chi connectivity index (χ3n) is 2.60. The van der Waals surface area contributed by atoms with Gasteiger partial charge in [0.05, 0.1) is 0 Å². The molecular formula is C14H18BrN3OS. The molecule has 0 unspecified atom stereocenters. The Hall–Kier alpha value is -0.850. The molecule has 2 aromatic rings. The van der Waals surface area contributed by atoms with Crippen molar-refractivity contribution in [2.24, 2.45) is 5.92 Å². The van der Waals surface area contributed by atoms with Gasteiger partial charge in [-0.1, -0.05) is 29.8 Å². The minimum atomic E-state index is 0.579. The number of aryl methyl sites for hydroxylation is 1. The molecule has 0 atom stereocenters. The van der Waals surface area contributed by atoms with Gasteiger partial charge in [-0.3, -0.25) is 0 Å². The predicted molar refractivity (Wildman–Crippen MR) is 83.8 cm³/mol. The maximum atomic E-state index is 5.42. The summed E-state index contributed by atoms with van der Waals surface area (Å²) < 4.78 is 6.50. The molecule has 0 fully saturated rings. The van der Waals surface area contributed by atoms with Gasteiger partial charge in [0, 0.05) is 22.8 Å². The number of hydrogen-bond donors (Lipinski definition) is 1. The van der Waals surface area contributed by atoms with E-state index in [0.29, 0.717) is 17.0 Å². The number of nitrogens with one attached hydrogen (secondary N) is 1. The molecule has 0 saturated heterocycles. The Bertz CT molecular complexity index is 571. The molecule has 1 aromatic carbocycles. The van der Waals surface area contributed by atoms with Crippen molar-refractivity contribution in [3.8, 4) is 0 Å². The fourth-order valence-electron chi connectivity index (χ4n) is 1.69. The second-order valence-corrected chi connectivity index (χ2v) is 6.87. The molecule has 0 aliphatic heterocycles. The fraction of sp³-hybridized carbons (Fsp3) is 0.429. The molecule has 0 saturated carbocycles. The topological polar surface area (TPSA) is 51.0 Å². The van der Waals surface area contributed by atoms with Crippen LogP contribution in [0.2, 0.25) is 0 Å². The van der Waals surface area contributed by atoms with E-state index < -0.39 is 0 Å². The van der Waals surface area contributed by atoms with Crippen molar-refractivity contribution in [3.05, 3.63) is 34.1 Å². The Balaban J connectivity index is 2.10. The first-order chi connectivity index (χ1) is 9.54. The SMILES string of the molecule is Cc1nnc(Sc2ccc(Br)cc2CNCC(C)C)o1. The largest absolute Gasteiger partial charge is 0.416 e. The van der Waals surface area contributed by atoms with Gasteiger partial charge >= 0.3 is 0 Å². The van der Waals surface area contributed by atoms with Crippen LogP contribution in [0.25, 0.3) is 0 Å². The third kappa shape index (κ3) is 4.61. The normalized spacial score (nSPS) is 11.2. The Labute approximate surface area is 131 Å². The first-order valence-electron chi connectivity index (χ1n) is 6.51. The van der Waals surface area contributed by atoms with E-state index in [9.17, 15) is 0 Å². The minimum absolute atomic E-state index is 0.579. The van der Waals surface area contributed by atoms with Crippen molar-refractivity contribution in [1.82, 2.24) is 15.5 Å². The standard InChI is InChI=1S/C14H18BrN3OS/c1-9(2)7-16-8-11-6-12(15)4-5-13(11)20-14-18-17-10(3)19-14/h4-6,9,16H,7-8H2,1-3H3. The number of rotatable bonds is 6. The highest BCUT2D eigenvalue weighted by atomic mass is 79.9. The van der Waals surface area contributed by atoms with Gasteiger partial charge in [-0.05, 0) is 48.0 Å². The second-order valence-electron chi connectivity index (χ2n) is 4.97. The zero-order chi connectivity index (χ0) is 14.5. The van der Waals surface area contributed by atoms with Crippen LogP contribution < -0.4 is 5.32 Å². The lowest BCUT2D eigenvalue weighted by Crippen LogP contribution is -2.19. The van der Waals surface area contributed by atoms with Crippen molar-refractivity contribution >= 4 is 27.7 Å². The van der Waals surface area contributed by atoms with Gasteiger partial charge in [0.15, 0.2) is 0 Å². The molecule has 0 aliphatic rings. The number of nitrogens with zero attached hydrogens (tertiary/aromatic N) is 2. The van der Waals surface area contributed by atoms with Crippen LogP contribution in [-0.2, 0) is 6.54 Å². The number of aromatic nitrogens is 2. The average molecular weight is 356 g/mol. The zero-order valence-electron chi connectivity index (χ0n) is 11.8. The lowest BCUT2D eigenvalue weighted by Gasteiger charge is -2.11. The number of hydrogen-bond acceptors (Lipinski definition) is 5. The van der Waals surface area contributed by atoms with Crippen molar-refractivity contribution in [1.29, 1.82) is 0 Å². The minimum Gasteiger partial charge on any atom is -0.416 e. The molecule has 1 aromatic heterocycles. The zero-order valence-corrected chi connectivity index (χ0v) is 14.2. The summed E-state index contributed by atoms with van der Waals surface area (Å²) in [6, 6.07) is 6.22. The molecule has 108 valence electrons. The Morgan fingerprint density at radius 2 is 2.15 bits per heavy atom. The molecule has 4 nitrogen and oxygen atoms in total. The van der Waals surface area contributed by atoms with E-state index in [1.807, 2.05) is 6.07 Å². The van der Waals surface area contributed by atoms with E-state index in [1.165, 1.54) is 17.3 Å². The first kappa shape index (κ1) is 15.5. The lowest BCUT2D eigenvalue weighted by atomic mass is 10.2. The summed E-state index contributed by atoms with van der Waals surface area (Å²) in [6.45, 7) is 8.02. The summed E-state index contributed by atoms with van der Waals surface area (Å²) >= 11 is 5.02. The van der Waals surface area contributed by atoms with Crippen molar-refractivity contribution < 1.29 is 4.42 Å². The molecule has 0 aliphatic carbocycles. The van der Waals surface area contributed by atoms with Crippen molar-refractivity contribution in [2.45, 2.75) is 37.4 Å². The summed E-state index contributed by atoms with van der Waals surface area (Å²) in [4.78, 5) is 1.13. The molecule has 0 spiro atoms. The van der Waals surface area contributed by atoms with Crippen LogP contribution >= 0.6 is 27.7 Å². The second kappa shape index (κ2) is 7.24. The highest BCUT2D eigenvalue weighted by Gasteiger charge is 2.10. The quantitative estimate of drug-likeness (QED) is 0.847. The Morgan fingerprint density at radius 1 is 1.35 bits per heavy atom. The summed E-state index contributed by atoms with van der Waals surface area (Å²) in [5.74, 6) is 1.22. The maximum Gasteiger partial charge on any atom is 0.281 e. The third-order valence-corrected chi connectivity index (χ3v) is 4.05. The van der Waals surface area contributed by atoms with Crippen molar-refractivity contribution in [3.63, 3.8) is 0 Å². The van der Waals surface area contributed by atoms with Gasteiger partial charge in [0.2, 0.25) is 5.89 Å². The smallest absolute Gasteiger partial charge is 0.281 e. The summed E-state index contributed by atoms with van der Waals surface area (Å²) in [5.41, 5.74) is 1.22. The van der Waals surface area contributed by atoms with Gasteiger partial charge in [-0.2, -0.15) is 0 Å². The molecule has 2 rings (SSSR count). The molecule has 1 N–H and O–H groups in total. The van der Waals surface area contributed by atoms with Gasteiger partial charge in [-0.15, -0.1) is 10.2 Å². The van der Waals surface area contributed by atoms with Crippen LogP contribution in [0.4, 0.5) is 0 Å².